The molecule has 2 aromatic heterocycles. The van der Waals surface area contributed by atoms with Crippen molar-refractivity contribution in [1.29, 1.82) is 0 Å². The zero-order chi connectivity index (χ0) is 24.9. The number of nitrogens with zero attached hydrogens (tertiary/aromatic N) is 3. The van der Waals surface area contributed by atoms with Gasteiger partial charge in [-0.15, -0.1) is 0 Å². The molecule has 3 heterocycles. The number of amides is 1. The lowest BCUT2D eigenvalue weighted by atomic mass is 10.1. The van der Waals surface area contributed by atoms with Gasteiger partial charge in [0.1, 0.15) is 23.0 Å². The molecule has 0 spiro atoms. The number of hydrogen-bond acceptors (Lipinski definition) is 7. The summed E-state index contributed by atoms with van der Waals surface area (Å²) in [5.41, 5.74) is 4.99. The zero-order valence-corrected chi connectivity index (χ0v) is 20.6. The second-order valence-electron chi connectivity index (χ2n) is 8.92. The van der Waals surface area contributed by atoms with E-state index in [1.54, 1.807) is 11.2 Å². The van der Waals surface area contributed by atoms with Gasteiger partial charge in [-0.25, -0.2) is 9.97 Å². The van der Waals surface area contributed by atoms with E-state index in [0.29, 0.717) is 44.4 Å². The first-order chi connectivity index (χ1) is 17.5. The molecule has 36 heavy (non-hydrogen) atoms. The summed E-state index contributed by atoms with van der Waals surface area (Å²) in [5, 5.41) is 4.51. The van der Waals surface area contributed by atoms with E-state index in [0.717, 1.165) is 45.6 Å². The number of benzene rings is 2. The average Bonchev–Trinajstić information content (AvgIpc) is 3.27. The molecule has 8 nitrogen and oxygen atoms in total. The lowest BCUT2D eigenvalue weighted by Crippen LogP contribution is -2.42. The average molecular weight is 487 g/mol. The van der Waals surface area contributed by atoms with Crippen LogP contribution in [0, 0.1) is 13.8 Å². The third kappa shape index (κ3) is 5.66. The smallest absolute Gasteiger partial charge is 0.260 e. The molecule has 1 N–H and O–H groups in total. The fourth-order valence-electron chi connectivity index (χ4n) is 4.30. The van der Waals surface area contributed by atoms with Crippen molar-refractivity contribution >= 4 is 22.7 Å². The van der Waals surface area contributed by atoms with Gasteiger partial charge < -0.3 is 24.1 Å². The van der Waals surface area contributed by atoms with Gasteiger partial charge in [0.2, 0.25) is 0 Å². The Morgan fingerprint density at radius 2 is 1.94 bits per heavy atom. The van der Waals surface area contributed by atoms with Crippen molar-refractivity contribution in [2.45, 2.75) is 20.3 Å². The zero-order valence-electron chi connectivity index (χ0n) is 20.6. The van der Waals surface area contributed by atoms with E-state index < -0.39 is 0 Å². The molecule has 0 atom stereocenters. The Kier molecular flexibility index (Phi) is 7.13. The highest BCUT2D eigenvalue weighted by Crippen LogP contribution is 2.27. The van der Waals surface area contributed by atoms with Crippen LogP contribution in [-0.4, -0.2) is 60.2 Å². The molecule has 0 aliphatic carbocycles. The molecule has 4 aromatic rings. The van der Waals surface area contributed by atoms with E-state index in [1.165, 1.54) is 0 Å². The maximum absolute atomic E-state index is 12.3. The molecular weight excluding hydrogens is 456 g/mol. The molecule has 0 unspecified atom stereocenters. The first-order valence-electron chi connectivity index (χ1n) is 12.2. The predicted molar refractivity (Wildman–Crippen MR) is 138 cm³/mol. The highest BCUT2D eigenvalue weighted by Gasteiger charge is 2.17. The number of hydrogen-bond donors (Lipinski definition) is 1. The van der Waals surface area contributed by atoms with Crippen molar-refractivity contribution in [2.24, 2.45) is 0 Å². The first-order valence-corrected chi connectivity index (χ1v) is 12.2. The first kappa shape index (κ1) is 23.8. The van der Waals surface area contributed by atoms with Crippen molar-refractivity contribution in [2.75, 3.05) is 44.8 Å². The number of rotatable bonds is 8. The summed E-state index contributed by atoms with van der Waals surface area (Å²) in [6.07, 6.45) is 2.56. The van der Waals surface area contributed by atoms with E-state index >= 15 is 0 Å². The summed E-state index contributed by atoms with van der Waals surface area (Å²) in [4.78, 5) is 23.3. The van der Waals surface area contributed by atoms with Crippen LogP contribution in [0.2, 0.25) is 0 Å². The summed E-state index contributed by atoms with van der Waals surface area (Å²) in [5.74, 6) is 2.17. The number of aromatic nitrogens is 2. The van der Waals surface area contributed by atoms with Gasteiger partial charge in [0.25, 0.3) is 5.91 Å². The third-order valence-electron chi connectivity index (χ3n) is 6.25. The van der Waals surface area contributed by atoms with E-state index in [2.05, 4.69) is 27.4 Å². The van der Waals surface area contributed by atoms with Gasteiger partial charge in [0.05, 0.1) is 25.2 Å². The second kappa shape index (κ2) is 10.8. The molecule has 1 aliphatic heterocycles. The fraction of sp³-hybridized carbons (Fsp3) is 0.321. The van der Waals surface area contributed by atoms with Crippen LogP contribution in [0.4, 0.5) is 5.82 Å². The number of ether oxygens (including phenoxy) is 2. The Morgan fingerprint density at radius 1 is 1.08 bits per heavy atom. The summed E-state index contributed by atoms with van der Waals surface area (Å²) in [6, 6.07) is 15.9. The number of carbonyl (C=O) groups excluding carboxylic acids is 1. The number of nitrogens with one attached hydrogen (secondary N) is 1. The summed E-state index contributed by atoms with van der Waals surface area (Å²) < 4.78 is 16.6. The highest BCUT2D eigenvalue weighted by atomic mass is 16.5. The summed E-state index contributed by atoms with van der Waals surface area (Å²) in [7, 11) is 0. The Balaban J connectivity index is 1.18. The maximum Gasteiger partial charge on any atom is 0.260 e. The molecule has 0 radical (unpaired) electrons. The fourth-order valence-corrected chi connectivity index (χ4v) is 4.30. The molecule has 0 saturated carbocycles. The standard InChI is InChI=1S/C28H30N4O4/c1-19-17-36-26-7-6-22(15-24(19)26)25-16-27(31-20(2)30-25)29-9-8-21-4-3-5-23(14-21)35-18-28(33)32-10-12-34-13-11-32/h3-7,14-17H,8-13,18H2,1-2H3,(H,29,30,31). The summed E-state index contributed by atoms with van der Waals surface area (Å²) in [6.45, 7) is 7.08. The van der Waals surface area contributed by atoms with Crippen LogP contribution < -0.4 is 10.1 Å². The monoisotopic (exact) mass is 486 g/mol. The number of fused-ring (bicyclic) bond motifs is 1. The Labute approximate surface area is 210 Å². The molecule has 186 valence electrons. The quantitative estimate of drug-likeness (QED) is 0.395. The van der Waals surface area contributed by atoms with Crippen LogP contribution >= 0.6 is 0 Å². The van der Waals surface area contributed by atoms with Gasteiger partial charge in [-0.3, -0.25) is 4.79 Å². The minimum atomic E-state index is -0.0117. The van der Waals surface area contributed by atoms with Crippen LogP contribution in [0.3, 0.4) is 0 Å². The third-order valence-corrected chi connectivity index (χ3v) is 6.25. The minimum absolute atomic E-state index is 0.0117. The number of carbonyl (C=O) groups is 1. The largest absolute Gasteiger partial charge is 0.484 e. The molecule has 1 fully saturated rings. The topological polar surface area (TPSA) is 89.7 Å². The lowest BCUT2D eigenvalue weighted by molar-refractivity contribution is -0.137. The van der Waals surface area contributed by atoms with Gasteiger partial charge in [0, 0.05) is 36.7 Å². The molecule has 1 amide bonds. The van der Waals surface area contributed by atoms with E-state index in [4.69, 9.17) is 13.9 Å². The van der Waals surface area contributed by atoms with Gasteiger partial charge in [-0.1, -0.05) is 12.1 Å². The molecule has 1 saturated heterocycles. The normalized spacial score (nSPS) is 13.7. The molecule has 0 bridgehead atoms. The second-order valence-corrected chi connectivity index (χ2v) is 8.92. The Bertz CT molecular complexity index is 1360. The highest BCUT2D eigenvalue weighted by molar-refractivity contribution is 5.85. The van der Waals surface area contributed by atoms with Crippen LogP contribution in [0.15, 0.2) is 59.2 Å². The van der Waals surface area contributed by atoms with Crippen LogP contribution in [0.5, 0.6) is 5.75 Å². The van der Waals surface area contributed by atoms with E-state index in [-0.39, 0.29) is 12.5 Å². The van der Waals surface area contributed by atoms with E-state index in [9.17, 15) is 4.79 Å². The molecule has 5 rings (SSSR count). The minimum Gasteiger partial charge on any atom is -0.484 e. The van der Waals surface area contributed by atoms with Crippen LogP contribution in [0.25, 0.3) is 22.2 Å². The Morgan fingerprint density at radius 3 is 2.81 bits per heavy atom. The number of anilines is 1. The van der Waals surface area contributed by atoms with Crippen molar-refractivity contribution in [1.82, 2.24) is 14.9 Å². The van der Waals surface area contributed by atoms with E-state index in [1.807, 2.05) is 50.2 Å². The van der Waals surface area contributed by atoms with Crippen molar-refractivity contribution < 1.29 is 18.7 Å². The molecule has 8 heteroatoms. The number of aryl methyl sites for hydroxylation is 2. The van der Waals surface area contributed by atoms with Crippen molar-refractivity contribution in [3.05, 3.63) is 71.7 Å². The summed E-state index contributed by atoms with van der Waals surface area (Å²) >= 11 is 0. The SMILES string of the molecule is Cc1nc(NCCc2cccc(OCC(=O)N3CCOCC3)c2)cc(-c2ccc3occ(C)c3c2)n1. The maximum atomic E-state index is 12.3. The van der Waals surface area contributed by atoms with Crippen LogP contribution in [-0.2, 0) is 16.0 Å². The van der Waals surface area contributed by atoms with Gasteiger partial charge >= 0.3 is 0 Å². The predicted octanol–water partition coefficient (Wildman–Crippen LogP) is 4.40. The van der Waals surface area contributed by atoms with Gasteiger partial charge in [-0.2, -0.15) is 0 Å². The van der Waals surface area contributed by atoms with Crippen molar-refractivity contribution in [3.8, 4) is 17.0 Å². The molecule has 1 aliphatic rings. The Hall–Kier alpha value is -3.91. The lowest BCUT2D eigenvalue weighted by Gasteiger charge is -2.26. The molecule has 2 aromatic carbocycles. The number of morpholine rings is 1. The number of furan rings is 1. The van der Waals surface area contributed by atoms with Gasteiger partial charge in [0.15, 0.2) is 6.61 Å². The molecular formula is C28H30N4O4. The van der Waals surface area contributed by atoms with Gasteiger partial charge in [-0.05, 0) is 61.7 Å². The van der Waals surface area contributed by atoms with Crippen LogP contribution in [0.1, 0.15) is 17.0 Å². The van der Waals surface area contributed by atoms with Crippen molar-refractivity contribution in [3.63, 3.8) is 0 Å².